The molecule has 1 unspecified atom stereocenters. The lowest BCUT2D eigenvalue weighted by molar-refractivity contribution is -0.143. The highest BCUT2D eigenvalue weighted by atomic mass is 32.1. The van der Waals surface area contributed by atoms with Gasteiger partial charge in [-0.2, -0.15) is 0 Å². The molecule has 0 aliphatic carbocycles. The molecule has 0 saturated carbocycles. The zero-order valence-corrected chi connectivity index (χ0v) is 12.2. The van der Waals surface area contributed by atoms with Crippen molar-refractivity contribution in [2.75, 3.05) is 18.4 Å². The second-order valence-corrected chi connectivity index (χ2v) is 6.11. The fourth-order valence-corrected chi connectivity index (χ4v) is 3.52. The summed E-state index contributed by atoms with van der Waals surface area (Å²) in [6.45, 7) is 0.887. The monoisotopic (exact) mass is 304 g/mol. The minimum absolute atomic E-state index is 0.221. The van der Waals surface area contributed by atoms with Gasteiger partial charge in [0.2, 0.25) is 0 Å². The summed E-state index contributed by atoms with van der Waals surface area (Å²) in [6.07, 6.45) is 1.37. The maximum Gasteiger partial charge on any atom is 0.321 e. The van der Waals surface area contributed by atoms with Crippen LogP contribution in [0.25, 0.3) is 10.1 Å². The number of hydrogen-bond donors (Lipinski definition) is 2. The van der Waals surface area contributed by atoms with Crippen molar-refractivity contribution in [2.24, 2.45) is 5.92 Å². The van der Waals surface area contributed by atoms with Crippen LogP contribution in [0.3, 0.4) is 0 Å². The smallest absolute Gasteiger partial charge is 0.321 e. The van der Waals surface area contributed by atoms with E-state index in [-0.39, 0.29) is 12.6 Å². The summed E-state index contributed by atoms with van der Waals surface area (Å²) in [5.41, 5.74) is 0.782. The third kappa shape index (κ3) is 2.85. The highest BCUT2D eigenvalue weighted by molar-refractivity contribution is 7.17. The molecule has 1 aliphatic heterocycles. The maximum atomic E-state index is 12.3. The van der Waals surface area contributed by atoms with Crippen molar-refractivity contribution in [1.29, 1.82) is 0 Å². The number of amides is 2. The number of thiophene rings is 1. The maximum absolute atomic E-state index is 12.3. The minimum atomic E-state index is -0.826. The number of carboxylic acids is 1. The number of carbonyl (C=O) groups excluding carboxylic acids is 1. The summed E-state index contributed by atoms with van der Waals surface area (Å²) in [4.78, 5) is 25.0. The quantitative estimate of drug-likeness (QED) is 0.895. The first-order chi connectivity index (χ1) is 10.1. The molecule has 1 aromatic heterocycles. The van der Waals surface area contributed by atoms with Gasteiger partial charge >= 0.3 is 12.0 Å². The molecule has 1 saturated heterocycles. The minimum Gasteiger partial charge on any atom is -0.481 e. The average molecular weight is 304 g/mol. The van der Waals surface area contributed by atoms with Gasteiger partial charge in [-0.3, -0.25) is 4.79 Å². The number of urea groups is 1. The number of likely N-dealkylation sites (tertiary alicyclic amines) is 1. The Morgan fingerprint density at radius 1 is 1.33 bits per heavy atom. The fourth-order valence-electron chi connectivity index (χ4n) is 2.65. The van der Waals surface area contributed by atoms with Gasteiger partial charge in [-0.1, -0.05) is 12.1 Å². The van der Waals surface area contributed by atoms with Crippen LogP contribution in [0.15, 0.2) is 29.6 Å². The number of benzene rings is 1. The predicted octanol–water partition coefficient (Wildman–Crippen LogP) is 3.23. The Hall–Kier alpha value is -2.08. The van der Waals surface area contributed by atoms with Crippen molar-refractivity contribution in [3.63, 3.8) is 0 Å². The highest BCUT2D eigenvalue weighted by Gasteiger charge is 2.28. The van der Waals surface area contributed by atoms with E-state index in [0.717, 1.165) is 22.2 Å². The van der Waals surface area contributed by atoms with Gasteiger partial charge in [0.15, 0.2) is 0 Å². The number of nitrogens with zero attached hydrogens (tertiary/aromatic N) is 1. The molecular formula is C15H16N2O3S. The normalized spacial score (nSPS) is 18.7. The van der Waals surface area contributed by atoms with Gasteiger partial charge in [-0.05, 0) is 35.7 Å². The molecule has 0 spiro atoms. The molecule has 2 N–H and O–H groups in total. The SMILES string of the molecule is O=C(O)C1CCCN(C(=O)Nc2cccc3ccsc23)C1. The molecule has 5 nitrogen and oxygen atoms in total. The second-order valence-electron chi connectivity index (χ2n) is 5.20. The Bertz CT molecular complexity index is 682. The van der Waals surface area contributed by atoms with Crippen LogP contribution in [-0.2, 0) is 4.79 Å². The van der Waals surface area contributed by atoms with Gasteiger partial charge < -0.3 is 15.3 Å². The summed E-state index contributed by atoms with van der Waals surface area (Å²) < 4.78 is 1.04. The topological polar surface area (TPSA) is 69.6 Å². The summed E-state index contributed by atoms with van der Waals surface area (Å²) in [5.74, 6) is -1.28. The molecule has 0 bridgehead atoms. The molecule has 1 aromatic carbocycles. The zero-order valence-electron chi connectivity index (χ0n) is 11.4. The van der Waals surface area contributed by atoms with Crippen molar-refractivity contribution in [3.8, 4) is 0 Å². The third-order valence-electron chi connectivity index (χ3n) is 3.78. The van der Waals surface area contributed by atoms with E-state index in [9.17, 15) is 9.59 Å². The summed E-state index contributed by atoms with van der Waals surface area (Å²) in [7, 11) is 0. The van der Waals surface area contributed by atoms with E-state index in [1.54, 1.807) is 16.2 Å². The van der Waals surface area contributed by atoms with Crippen LogP contribution in [0.1, 0.15) is 12.8 Å². The van der Waals surface area contributed by atoms with Gasteiger partial charge in [-0.25, -0.2) is 4.79 Å². The Morgan fingerprint density at radius 2 is 2.19 bits per heavy atom. The van der Waals surface area contributed by atoms with Crippen LogP contribution in [0.5, 0.6) is 0 Å². The lowest BCUT2D eigenvalue weighted by Crippen LogP contribution is -2.44. The first-order valence-electron chi connectivity index (χ1n) is 6.90. The molecule has 3 rings (SSSR count). The van der Waals surface area contributed by atoms with Crippen LogP contribution in [0.2, 0.25) is 0 Å². The lowest BCUT2D eigenvalue weighted by Gasteiger charge is -2.30. The number of hydrogen-bond acceptors (Lipinski definition) is 3. The molecule has 2 amide bonds. The summed E-state index contributed by atoms with van der Waals surface area (Å²) in [6, 6.07) is 7.57. The molecule has 21 heavy (non-hydrogen) atoms. The van der Waals surface area contributed by atoms with Crippen molar-refractivity contribution >= 4 is 39.1 Å². The Balaban J connectivity index is 1.74. The van der Waals surface area contributed by atoms with Crippen molar-refractivity contribution in [2.45, 2.75) is 12.8 Å². The van der Waals surface area contributed by atoms with Crippen LogP contribution in [0.4, 0.5) is 10.5 Å². The Kier molecular flexibility index (Phi) is 3.79. The Morgan fingerprint density at radius 3 is 3.00 bits per heavy atom. The predicted molar refractivity (Wildman–Crippen MR) is 82.8 cm³/mol. The van der Waals surface area contributed by atoms with E-state index < -0.39 is 11.9 Å². The molecule has 1 atom stereocenters. The van der Waals surface area contributed by atoms with E-state index in [1.807, 2.05) is 29.6 Å². The average Bonchev–Trinajstić information content (AvgIpc) is 2.97. The first-order valence-corrected chi connectivity index (χ1v) is 7.78. The van der Waals surface area contributed by atoms with E-state index in [1.165, 1.54) is 0 Å². The number of rotatable bonds is 2. The number of nitrogens with one attached hydrogen (secondary N) is 1. The number of carboxylic acid groups (broad SMARTS) is 1. The largest absolute Gasteiger partial charge is 0.481 e. The molecule has 110 valence electrons. The molecule has 0 radical (unpaired) electrons. The number of fused-ring (bicyclic) bond motifs is 1. The standard InChI is InChI=1S/C15H16N2O3S/c18-14(19)11-4-2-7-17(9-11)15(20)16-12-5-1-3-10-6-8-21-13(10)12/h1,3,5-6,8,11H,2,4,7,9H2,(H,16,20)(H,18,19). The first kappa shape index (κ1) is 13.9. The van der Waals surface area contributed by atoms with Crippen LogP contribution >= 0.6 is 11.3 Å². The molecule has 2 aromatic rings. The van der Waals surface area contributed by atoms with Gasteiger partial charge in [0.05, 0.1) is 16.3 Å². The van der Waals surface area contributed by atoms with Gasteiger partial charge in [0.1, 0.15) is 0 Å². The second kappa shape index (κ2) is 5.73. The molecule has 1 aliphatic rings. The summed E-state index contributed by atoms with van der Waals surface area (Å²) in [5, 5.41) is 15.1. The van der Waals surface area contributed by atoms with E-state index in [2.05, 4.69) is 5.32 Å². The molecule has 6 heteroatoms. The Labute approximate surface area is 126 Å². The zero-order chi connectivity index (χ0) is 14.8. The van der Waals surface area contributed by atoms with Gasteiger partial charge in [0.25, 0.3) is 0 Å². The van der Waals surface area contributed by atoms with Crippen LogP contribution < -0.4 is 5.32 Å². The lowest BCUT2D eigenvalue weighted by atomic mass is 9.99. The van der Waals surface area contributed by atoms with Crippen LogP contribution in [-0.4, -0.2) is 35.1 Å². The number of carbonyl (C=O) groups is 2. The third-order valence-corrected chi connectivity index (χ3v) is 4.74. The highest BCUT2D eigenvalue weighted by Crippen LogP contribution is 2.29. The fraction of sp³-hybridized carbons (Fsp3) is 0.333. The van der Waals surface area contributed by atoms with E-state index in [0.29, 0.717) is 13.0 Å². The summed E-state index contributed by atoms with van der Waals surface area (Å²) >= 11 is 1.58. The van der Waals surface area contributed by atoms with E-state index >= 15 is 0 Å². The van der Waals surface area contributed by atoms with Gasteiger partial charge in [-0.15, -0.1) is 11.3 Å². The number of aliphatic carboxylic acids is 1. The molecular weight excluding hydrogens is 288 g/mol. The van der Waals surface area contributed by atoms with Crippen molar-refractivity contribution in [1.82, 2.24) is 4.90 Å². The van der Waals surface area contributed by atoms with Crippen LogP contribution in [0, 0.1) is 5.92 Å². The number of piperidine rings is 1. The van der Waals surface area contributed by atoms with Crippen molar-refractivity contribution in [3.05, 3.63) is 29.6 Å². The van der Waals surface area contributed by atoms with Crippen molar-refractivity contribution < 1.29 is 14.7 Å². The molecule has 1 fully saturated rings. The molecule has 2 heterocycles. The van der Waals surface area contributed by atoms with Gasteiger partial charge in [0, 0.05) is 13.1 Å². The number of anilines is 1. The van der Waals surface area contributed by atoms with E-state index in [4.69, 9.17) is 5.11 Å².